The normalized spacial score (nSPS) is 19.6. The number of nitrogens with one attached hydrogen (secondary N) is 1. The summed E-state index contributed by atoms with van der Waals surface area (Å²) in [5.74, 6) is 1.80. The van der Waals surface area contributed by atoms with Gasteiger partial charge in [-0.3, -0.25) is 10.1 Å². The van der Waals surface area contributed by atoms with Crippen molar-refractivity contribution in [1.82, 2.24) is 5.32 Å². The highest BCUT2D eigenvalue weighted by atomic mass is 33.1. The summed E-state index contributed by atoms with van der Waals surface area (Å²) >= 11 is 0. The minimum atomic E-state index is -0.509. The highest BCUT2D eigenvalue weighted by molar-refractivity contribution is 8.76. The number of hydrogen-bond acceptors (Lipinski definition) is 9. The first kappa shape index (κ1) is 28.6. The molecule has 0 aliphatic carbocycles. The lowest BCUT2D eigenvalue weighted by Gasteiger charge is -2.21. The van der Waals surface area contributed by atoms with E-state index in [1.807, 2.05) is 24.3 Å². The zero-order valence-corrected chi connectivity index (χ0v) is 23.4. The summed E-state index contributed by atoms with van der Waals surface area (Å²) in [4.78, 5) is 13.0. The van der Waals surface area contributed by atoms with Crippen LogP contribution in [0.3, 0.4) is 0 Å². The van der Waals surface area contributed by atoms with Crippen LogP contribution in [0.15, 0.2) is 42.5 Å². The largest absolute Gasteiger partial charge is 0.508 e. The number of ketones is 1. The van der Waals surface area contributed by atoms with Crippen molar-refractivity contribution in [2.45, 2.75) is 50.1 Å². The van der Waals surface area contributed by atoms with Gasteiger partial charge < -0.3 is 24.8 Å². The Labute approximate surface area is 231 Å². The minimum absolute atomic E-state index is 0.0274. The number of phenols is 2. The van der Waals surface area contributed by atoms with Gasteiger partial charge in [0.15, 0.2) is 11.5 Å². The molecule has 3 aromatic carbocycles. The molecule has 9 heteroatoms. The summed E-state index contributed by atoms with van der Waals surface area (Å²) in [6, 6.07) is 12.8. The zero-order chi connectivity index (χ0) is 27.1. The molecule has 0 bridgehead atoms. The third-order valence-electron chi connectivity index (χ3n) is 6.77. The number of aromatic hydroxyl groups is 2. The SMILES string of the molecule is CNCOC1CCC(O)CSSCc2c(ccc3ccc(O)cc23)-c2c(ccc(O)c2OC)CCC(=O)C1. The molecule has 0 saturated heterocycles. The van der Waals surface area contributed by atoms with Crippen LogP contribution < -0.4 is 10.1 Å². The lowest BCUT2D eigenvalue weighted by atomic mass is 9.89. The van der Waals surface area contributed by atoms with Gasteiger partial charge in [0, 0.05) is 29.9 Å². The Hall–Kier alpha value is -2.43. The molecule has 1 aliphatic rings. The van der Waals surface area contributed by atoms with E-state index in [1.165, 1.54) is 7.11 Å². The molecule has 0 spiro atoms. The van der Waals surface area contributed by atoms with Crippen LogP contribution in [-0.2, 0) is 21.7 Å². The molecule has 4 N–H and O–H groups in total. The number of fused-ring (bicyclic) bond motifs is 5. The Morgan fingerprint density at radius 3 is 2.66 bits per heavy atom. The van der Waals surface area contributed by atoms with Crippen molar-refractivity contribution in [1.29, 1.82) is 0 Å². The first-order valence-electron chi connectivity index (χ1n) is 12.8. The maximum absolute atomic E-state index is 13.0. The molecule has 4 rings (SSSR count). The summed E-state index contributed by atoms with van der Waals surface area (Å²) in [5.41, 5.74) is 3.53. The molecular formula is C29H35NO6S2. The van der Waals surface area contributed by atoms with Gasteiger partial charge in [0.25, 0.3) is 0 Å². The van der Waals surface area contributed by atoms with Crippen molar-refractivity contribution in [3.63, 3.8) is 0 Å². The van der Waals surface area contributed by atoms with Crippen LogP contribution in [0.25, 0.3) is 21.9 Å². The number of carbonyl (C=O) groups is 1. The molecule has 2 atom stereocenters. The predicted octanol–water partition coefficient (Wildman–Crippen LogP) is 5.42. The third-order valence-corrected chi connectivity index (χ3v) is 9.13. The third kappa shape index (κ3) is 6.95. The van der Waals surface area contributed by atoms with Crippen molar-refractivity contribution in [3.05, 3.63) is 53.6 Å². The molecule has 1 aliphatic heterocycles. The number of ether oxygens (including phenoxy) is 2. The monoisotopic (exact) mass is 557 g/mol. The van der Waals surface area contributed by atoms with E-state index < -0.39 is 6.10 Å². The number of benzene rings is 3. The number of phenolic OH excluding ortho intramolecular Hbond substituents is 2. The van der Waals surface area contributed by atoms with Crippen molar-refractivity contribution in [2.75, 3.05) is 26.6 Å². The van der Waals surface area contributed by atoms with Crippen molar-refractivity contribution < 1.29 is 29.6 Å². The first-order chi connectivity index (χ1) is 18.4. The number of aryl methyl sites for hydroxylation is 1. The summed E-state index contributed by atoms with van der Waals surface area (Å²) in [6.07, 6.45) is 1.46. The maximum Gasteiger partial charge on any atom is 0.168 e. The number of carbonyl (C=O) groups excluding carboxylic acids is 1. The Bertz CT molecular complexity index is 1270. The van der Waals surface area contributed by atoms with Gasteiger partial charge in [-0.2, -0.15) is 0 Å². The van der Waals surface area contributed by atoms with Gasteiger partial charge in [0.2, 0.25) is 0 Å². The van der Waals surface area contributed by atoms with E-state index in [0.29, 0.717) is 49.7 Å². The first-order valence-corrected chi connectivity index (χ1v) is 15.2. The smallest absolute Gasteiger partial charge is 0.168 e. The average Bonchev–Trinajstić information content (AvgIpc) is 2.91. The number of aliphatic hydroxyl groups excluding tert-OH is 1. The summed E-state index contributed by atoms with van der Waals surface area (Å²) < 4.78 is 11.5. The van der Waals surface area contributed by atoms with Crippen molar-refractivity contribution in [2.24, 2.45) is 0 Å². The number of hydrogen-bond donors (Lipinski definition) is 4. The van der Waals surface area contributed by atoms with E-state index in [0.717, 1.165) is 33.0 Å². The molecule has 1 heterocycles. The van der Waals surface area contributed by atoms with Crippen LogP contribution in [0, 0.1) is 0 Å². The Kier molecular flexibility index (Phi) is 10.2. The lowest BCUT2D eigenvalue weighted by molar-refractivity contribution is -0.122. The van der Waals surface area contributed by atoms with Crippen LogP contribution in [0.1, 0.15) is 36.8 Å². The molecule has 0 saturated carbocycles. The van der Waals surface area contributed by atoms with Gasteiger partial charge in [0.1, 0.15) is 11.5 Å². The molecule has 38 heavy (non-hydrogen) atoms. The van der Waals surface area contributed by atoms with Crippen LogP contribution in [0.2, 0.25) is 0 Å². The van der Waals surface area contributed by atoms with E-state index in [9.17, 15) is 20.1 Å². The topological polar surface area (TPSA) is 108 Å². The van der Waals surface area contributed by atoms with E-state index >= 15 is 0 Å². The Morgan fingerprint density at radius 2 is 1.87 bits per heavy atom. The fourth-order valence-corrected chi connectivity index (χ4v) is 7.14. The summed E-state index contributed by atoms with van der Waals surface area (Å²) in [6.45, 7) is 0.345. The van der Waals surface area contributed by atoms with E-state index in [2.05, 4.69) is 5.32 Å². The second kappa shape index (κ2) is 13.6. The highest BCUT2D eigenvalue weighted by Crippen LogP contribution is 2.45. The molecule has 3 aromatic rings. The van der Waals surface area contributed by atoms with Gasteiger partial charge in [-0.15, -0.1) is 0 Å². The van der Waals surface area contributed by atoms with Crippen LogP contribution >= 0.6 is 21.6 Å². The van der Waals surface area contributed by atoms with E-state index in [1.54, 1.807) is 46.8 Å². The molecule has 0 aromatic heterocycles. The summed E-state index contributed by atoms with van der Waals surface area (Å²) in [7, 11) is 6.55. The standard InChI is InChI=1S/C29H35NO6S2/c1-30-17-36-23-10-9-22(33)15-37-38-16-26-24(11-5-18-3-7-21(32)14-25(18)26)28-19(4-8-20(31)13-23)6-12-27(34)29(28)35-2/h3,5-7,11-12,14,22-23,30,32-34H,4,8-10,13,15-17H2,1-2H3. The van der Waals surface area contributed by atoms with Crippen molar-refractivity contribution in [3.8, 4) is 28.4 Å². The van der Waals surface area contributed by atoms with Crippen LogP contribution in [-0.4, -0.2) is 60.0 Å². The number of rotatable bonds is 4. The van der Waals surface area contributed by atoms with Gasteiger partial charge >= 0.3 is 0 Å². The van der Waals surface area contributed by atoms with E-state index in [-0.39, 0.29) is 29.8 Å². The minimum Gasteiger partial charge on any atom is -0.508 e. The quantitative estimate of drug-likeness (QED) is 0.247. The van der Waals surface area contributed by atoms with Crippen molar-refractivity contribution >= 4 is 38.1 Å². The molecule has 7 nitrogen and oxygen atoms in total. The van der Waals surface area contributed by atoms with E-state index in [4.69, 9.17) is 9.47 Å². The molecule has 0 amide bonds. The van der Waals surface area contributed by atoms with Gasteiger partial charge in [-0.25, -0.2) is 0 Å². The molecular weight excluding hydrogens is 522 g/mol. The maximum atomic E-state index is 13.0. The second-order valence-electron chi connectivity index (χ2n) is 9.46. The Balaban J connectivity index is 1.80. The highest BCUT2D eigenvalue weighted by Gasteiger charge is 2.23. The average molecular weight is 558 g/mol. The second-order valence-corrected chi connectivity index (χ2v) is 12.0. The fourth-order valence-electron chi connectivity index (χ4n) is 4.85. The molecule has 204 valence electrons. The number of aliphatic hydroxyl groups is 1. The molecule has 0 radical (unpaired) electrons. The van der Waals surface area contributed by atoms with Gasteiger partial charge in [-0.1, -0.05) is 45.9 Å². The molecule has 0 fully saturated rings. The lowest BCUT2D eigenvalue weighted by Crippen LogP contribution is -2.25. The number of methoxy groups -OCH3 is 1. The fraction of sp³-hybridized carbons (Fsp3) is 0.414. The summed E-state index contributed by atoms with van der Waals surface area (Å²) in [5, 5.41) is 36.4. The van der Waals surface area contributed by atoms with Crippen LogP contribution in [0.5, 0.6) is 17.2 Å². The molecule has 2 unspecified atom stereocenters. The van der Waals surface area contributed by atoms with Gasteiger partial charge in [0.05, 0.1) is 26.0 Å². The Morgan fingerprint density at radius 1 is 1.05 bits per heavy atom. The van der Waals surface area contributed by atoms with Gasteiger partial charge in [-0.05, 0) is 72.0 Å². The predicted molar refractivity (Wildman–Crippen MR) is 155 cm³/mol. The van der Waals surface area contributed by atoms with Crippen LogP contribution in [0.4, 0.5) is 0 Å². The number of Topliss-reactive ketones (excluding diaryl/α,β-unsaturated/α-hetero) is 1. The zero-order valence-electron chi connectivity index (χ0n) is 21.7.